The summed E-state index contributed by atoms with van der Waals surface area (Å²) in [6, 6.07) is 11.6. The first-order valence-electron chi connectivity index (χ1n) is 5.98. The quantitative estimate of drug-likeness (QED) is 0.793. The third-order valence-corrected chi connectivity index (χ3v) is 3.20. The van der Waals surface area contributed by atoms with Crippen LogP contribution in [0.2, 0.25) is 0 Å². The first kappa shape index (κ1) is 12.9. The normalized spacial score (nSPS) is 10.7. The standard InChI is InChI=1S/C13H11BrN6/c14-11-6-10(7-15)13(16-8-11)20-18-12(17-19-20)9-4-2-1-3-5-9/h1-6,8H,7,15H2. The molecule has 100 valence electrons. The zero-order valence-corrected chi connectivity index (χ0v) is 12.0. The summed E-state index contributed by atoms with van der Waals surface area (Å²) in [5.41, 5.74) is 7.48. The smallest absolute Gasteiger partial charge is 0.205 e. The number of hydrogen-bond donors (Lipinski definition) is 1. The second-order valence-corrected chi connectivity index (χ2v) is 5.02. The zero-order valence-electron chi connectivity index (χ0n) is 10.4. The molecule has 3 aromatic rings. The molecule has 0 amide bonds. The Morgan fingerprint density at radius 1 is 1.20 bits per heavy atom. The summed E-state index contributed by atoms with van der Waals surface area (Å²) in [4.78, 5) is 5.70. The highest BCUT2D eigenvalue weighted by Crippen LogP contribution is 2.17. The minimum atomic E-state index is 0.351. The van der Waals surface area contributed by atoms with Gasteiger partial charge in [0.1, 0.15) is 0 Å². The van der Waals surface area contributed by atoms with E-state index in [1.54, 1.807) is 6.20 Å². The van der Waals surface area contributed by atoms with Crippen LogP contribution in [-0.2, 0) is 6.54 Å². The molecule has 0 saturated carbocycles. The summed E-state index contributed by atoms with van der Waals surface area (Å²) < 4.78 is 0.866. The maximum Gasteiger partial charge on any atom is 0.205 e. The molecular weight excluding hydrogens is 320 g/mol. The molecule has 20 heavy (non-hydrogen) atoms. The van der Waals surface area contributed by atoms with E-state index in [9.17, 15) is 0 Å². The predicted octanol–water partition coefficient (Wildman–Crippen LogP) is 1.95. The van der Waals surface area contributed by atoms with Crippen LogP contribution in [0, 0.1) is 0 Å². The Labute approximate surface area is 123 Å². The van der Waals surface area contributed by atoms with Crippen LogP contribution >= 0.6 is 15.9 Å². The molecule has 2 heterocycles. The summed E-state index contributed by atoms with van der Waals surface area (Å²) in [5, 5.41) is 12.4. The Kier molecular flexibility index (Phi) is 3.53. The Balaban J connectivity index is 2.02. The van der Waals surface area contributed by atoms with Gasteiger partial charge in [0.15, 0.2) is 5.82 Å². The van der Waals surface area contributed by atoms with Crippen molar-refractivity contribution in [1.82, 2.24) is 25.2 Å². The van der Waals surface area contributed by atoms with Gasteiger partial charge >= 0.3 is 0 Å². The second-order valence-electron chi connectivity index (χ2n) is 4.11. The molecule has 0 radical (unpaired) electrons. The predicted molar refractivity (Wildman–Crippen MR) is 78.0 cm³/mol. The van der Waals surface area contributed by atoms with Gasteiger partial charge in [0.2, 0.25) is 5.82 Å². The van der Waals surface area contributed by atoms with E-state index in [4.69, 9.17) is 5.73 Å². The SMILES string of the molecule is NCc1cc(Br)cnc1-n1nnc(-c2ccccc2)n1. The van der Waals surface area contributed by atoms with E-state index in [-0.39, 0.29) is 0 Å². The molecule has 0 aliphatic rings. The van der Waals surface area contributed by atoms with Crippen molar-refractivity contribution < 1.29 is 0 Å². The highest BCUT2D eigenvalue weighted by Gasteiger charge is 2.11. The van der Waals surface area contributed by atoms with Crippen molar-refractivity contribution in [2.45, 2.75) is 6.54 Å². The van der Waals surface area contributed by atoms with E-state index in [0.29, 0.717) is 18.2 Å². The number of nitrogens with zero attached hydrogens (tertiary/aromatic N) is 5. The van der Waals surface area contributed by atoms with Crippen LogP contribution in [0.4, 0.5) is 0 Å². The van der Waals surface area contributed by atoms with Gasteiger partial charge in [-0.15, -0.1) is 15.0 Å². The minimum absolute atomic E-state index is 0.351. The Hall–Kier alpha value is -2.12. The zero-order chi connectivity index (χ0) is 13.9. The third kappa shape index (κ3) is 2.45. The molecule has 7 heteroatoms. The number of nitrogens with two attached hydrogens (primary N) is 1. The molecule has 2 aromatic heterocycles. The lowest BCUT2D eigenvalue weighted by Gasteiger charge is -2.04. The highest BCUT2D eigenvalue weighted by atomic mass is 79.9. The molecule has 0 unspecified atom stereocenters. The van der Waals surface area contributed by atoms with E-state index in [0.717, 1.165) is 15.6 Å². The average Bonchev–Trinajstić information content (AvgIpc) is 2.97. The van der Waals surface area contributed by atoms with Crippen molar-refractivity contribution in [3.63, 3.8) is 0 Å². The van der Waals surface area contributed by atoms with Gasteiger partial charge in [0.05, 0.1) is 0 Å². The second kappa shape index (κ2) is 5.48. The Morgan fingerprint density at radius 3 is 2.75 bits per heavy atom. The fraction of sp³-hybridized carbons (Fsp3) is 0.0769. The average molecular weight is 331 g/mol. The molecule has 2 N–H and O–H groups in total. The van der Waals surface area contributed by atoms with Crippen LogP contribution in [-0.4, -0.2) is 25.2 Å². The first-order chi connectivity index (χ1) is 9.78. The van der Waals surface area contributed by atoms with E-state index in [2.05, 4.69) is 36.3 Å². The summed E-state index contributed by atoms with van der Waals surface area (Å²) in [7, 11) is 0. The fourth-order valence-electron chi connectivity index (χ4n) is 1.81. The molecular formula is C13H11BrN6. The number of rotatable bonds is 3. The van der Waals surface area contributed by atoms with Crippen molar-refractivity contribution in [3.8, 4) is 17.2 Å². The van der Waals surface area contributed by atoms with Gasteiger partial charge in [-0.2, -0.15) is 0 Å². The van der Waals surface area contributed by atoms with Crippen LogP contribution in [0.3, 0.4) is 0 Å². The lowest BCUT2D eigenvalue weighted by atomic mass is 10.2. The van der Waals surface area contributed by atoms with Gasteiger partial charge in [-0.1, -0.05) is 30.3 Å². The van der Waals surface area contributed by atoms with Crippen LogP contribution in [0.1, 0.15) is 5.56 Å². The molecule has 3 rings (SSSR count). The monoisotopic (exact) mass is 330 g/mol. The summed E-state index contributed by atoms with van der Waals surface area (Å²) in [5.74, 6) is 1.14. The van der Waals surface area contributed by atoms with E-state index >= 15 is 0 Å². The lowest BCUT2D eigenvalue weighted by molar-refractivity contribution is 0.690. The summed E-state index contributed by atoms with van der Waals surface area (Å²) in [6.45, 7) is 0.351. The summed E-state index contributed by atoms with van der Waals surface area (Å²) >= 11 is 3.37. The van der Waals surface area contributed by atoms with Crippen LogP contribution in [0.25, 0.3) is 17.2 Å². The van der Waals surface area contributed by atoms with Crippen LogP contribution in [0.15, 0.2) is 47.1 Å². The third-order valence-electron chi connectivity index (χ3n) is 2.76. The summed E-state index contributed by atoms with van der Waals surface area (Å²) in [6.07, 6.45) is 1.68. The number of benzene rings is 1. The molecule has 0 saturated heterocycles. The lowest BCUT2D eigenvalue weighted by Crippen LogP contribution is -2.09. The minimum Gasteiger partial charge on any atom is -0.326 e. The van der Waals surface area contributed by atoms with Crippen LogP contribution < -0.4 is 5.73 Å². The van der Waals surface area contributed by atoms with Crippen molar-refractivity contribution in [2.75, 3.05) is 0 Å². The molecule has 0 fully saturated rings. The van der Waals surface area contributed by atoms with Crippen molar-refractivity contribution in [3.05, 3.63) is 52.6 Å². The topological polar surface area (TPSA) is 82.5 Å². The number of hydrogen-bond acceptors (Lipinski definition) is 5. The van der Waals surface area contributed by atoms with Crippen molar-refractivity contribution in [2.24, 2.45) is 5.73 Å². The van der Waals surface area contributed by atoms with E-state index in [1.165, 1.54) is 4.80 Å². The largest absolute Gasteiger partial charge is 0.326 e. The molecule has 0 spiro atoms. The highest BCUT2D eigenvalue weighted by molar-refractivity contribution is 9.10. The maximum absolute atomic E-state index is 5.72. The molecule has 6 nitrogen and oxygen atoms in total. The number of pyridine rings is 1. The Bertz CT molecular complexity index is 725. The molecule has 0 aliphatic carbocycles. The molecule has 0 bridgehead atoms. The van der Waals surface area contributed by atoms with Gasteiger partial charge in [-0.3, -0.25) is 0 Å². The van der Waals surface area contributed by atoms with E-state index in [1.807, 2.05) is 36.4 Å². The Morgan fingerprint density at radius 2 is 2.00 bits per heavy atom. The van der Waals surface area contributed by atoms with Gasteiger partial charge < -0.3 is 5.73 Å². The molecule has 0 atom stereocenters. The van der Waals surface area contributed by atoms with Gasteiger partial charge in [0, 0.05) is 28.3 Å². The molecule has 0 aliphatic heterocycles. The van der Waals surface area contributed by atoms with Gasteiger partial charge in [-0.05, 0) is 27.2 Å². The number of tetrazole rings is 1. The van der Waals surface area contributed by atoms with E-state index < -0.39 is 0 Å². The van der Waals surface area contributed by atoms with Crippen LogP contribution in [0.5, 0.6) is 0 Å². The molecule has 1 aromatic carbocycles. The van der Waals surface area contributed by atoms with Crippen molar-refractivity contribution in [1.29, 1.82) is 0 Å². The fourth-order valence-corrected chi connectivity index (χ4v) is 2.19. The van der Waals surface area contributed by atoms with Gasteiger partial charge in [-0.25, -0.2) is 4.98 Å². The van der Waals surface area contributed by atoms with Crippen molar-refractivity contribution >= 4 is 15.9 Å². The first-order valence-corrected chi connectivity index (χ1v) is 6.77. The number of halogens is 1. The number of aromatic nitrogens is 5. The maximum atomic E-state index is 5.72. The van der Waals surface area contributed by atoms with Gasteiger partial charge in [0.25, 0.3) is 0 Å².